The minimum Gasteiger partial charge on any atom is -0.502 e. The topological polar surface area (TPSA) is 134 Å². The second-order valence-electron chi connectivity index (χ2n) is 5.43. The predicted molar refractivity (Wildman–Crippen MR) is 95.0 cm³/mol. The van der Waals surface area contributed by atoms with E-state index in [0.29, 0.717) is 5.69 Å². The number of hydrogen-bond donors (Lipinski definition) is 3. The van der Waals surface area contributed by atoms with Gasteiger partial charge in [-0.25, -0.2) is 5.43 Å². The number of carbonyl (C=O) groups excluding carboxylic acids is 2. The van der Waals surface area contributed by atoms with E-state index in [0.717, 1.165) is 29.5 Å². The lowest BCUT2D eigenvalue weighted by Gasteiger charge is -2.10. The second kappa shape index (κ2) is 7.88. The Balaban J connectivity index is 2.02. The first kappa shape index (κ1) is 18.6. The van der Waals surface area contributed by atoms with Crippen molar-refractivity contribution in [2.24, 2.45) is 5.10 Å². The van der Waals surface area contributed by atoms with Crippen LogP contribution in [0.2, 0.25) is 0 Å². The average Bonchev–Trinajstić information content (AvgIpc) is 2.59. The molecule has 0 spiro atoms. The minimum atomic E-state index is -0.989. The number of anilines is 1. The third kappa shape index (κ3) is 4.41. The molecule has 0 aliphatic rings. The van der Waals surface area contributed by atoms with Gasteiger partial charge in [0.15, 0.2) is 5.75 Å². The number of nitro groups is 1. The number of para-hydroxylation sites is 1. The molecule has 0 aliphatic heterocycles. The molecule has 2 aromatic rings. The maximum Gasteiger partial charge on any atom is 0.329 e. The zero-order valence-electron chi connectivity index (χ0n) is 14.0. The normalized spacial score (nSPS) is 10.5. The van der Waals surface area contributed by atoms with Crippen molar-refractivity contribution in [1.82, 2.24) is 5.43 Å². The van der Waals surface area contributed by atoms with E-state index < -0.39 is 28.2 Å². The number of aryl methyl sites for hydroxylation is 2. The summed E-state index contributed by atoms with van der Waals surface area (Å²) in [6.07, 6.45) is 1.12. The van der Waals surface area contributed by atoms with Gasteiger partial charge in [0.2, 0.25) is 0 Å². The number of carbonyl (C=O) groups is 2. The van der Waals surface area contributed by atoms with Gasteiger partial charge >= 0.3 is 17.5 Å². The van der Waals surface area contributed by atoms with Crippen LogP contribution in [0.3, 0.4) is 0 Å². The Morgan fingerprint density at radius 1 is 1.15 bits per heavy atom. The molecule has 3 N–H and O–H groups in total. The monoisotopic (exact) mass is 356 g/mol. The van der Waals surface area contributed by atoms with E-state index in [4.69, 9.17) is 0 Å². The summed E-state index contributed by atoms with van der Waals surface area (Å²) in [7, 11) is 0. The molecular weight excluding hydrogens is 340 g/mol. The first-order valence-electron chi connectivity index (χ1n) is 7.47. The van der Waals surface area contributed by atoms with Gasteiger partial charge in [-0.3, -0.25) is 19.7 Å². The predicted octanol–water partition coefficient (Wildman–Crippen LogP) is 2.01. The van der Waals surface area contributed by atoms with Crippen LogP contribution in [0.4, 0.5) is 11.4 Å². The lowest BCUT2D eigenvalue weighted by Crippen LogP contribution is -2.32. The molecule has 0 saturated heterocycles. The number of phenols is 1. The Hall–Kier alpha value is -3.75. The van der Waals surface area contributed by atoms with E-state index in [2.05, 4.69) is 10.4 Å². The maximum atomic E-state index is 11.9. The highest BCUT2D eigenvalue weighted by Crippen LogP contribution is 2.25. The highest BCUT2D eigenvalue weighted by atomic mass is 16.6. The lowest BCUT2D eigenvalue weighted by molar-refractivity contribution is -0.385. The van der Waals surface area contributed by atoms with Gasteiger partial charge < -0.3 is 10.4 Å². The van der Waals surface area contributed by atoms with Crippen LogP contribution in [0.25, 0.3) is 0 Å². The SMILES string of the molecule is Cc1cccc(C)c1NC(=O)C(=O)N/N=C/c1ccc(O)c([N+](=O)[O-])c1. The molecule has 26 heavy (non-hydrogen) atoms. The smallest absolute Gasteiger partial charge is 0.329 e. The number of nitrogens with zero attached hydrogens (tertiary/aromatic N) is 2. The number of hydrazone groups is 1. The largest absolute Gasteiger partial charge is 0.502 e. The lowest BCUT2D eigenvalue weighted by atomic mass is 10.1. The van der Waals surface area contributed by atoms with Gasteiger partial charge in [0.05, 0.1) is 11.1 Å². The Labute approximate surface area is 148 Å². The molecule has 0 fully saturated rings. The number of benzene rings is 2. The molecule has 9 heteroatoms. The van der Waals surface area contributed by atoms with E-state index >= 15 is 0 Å². The van der Waals surface area contributed by atoms with E-state index in [-0.39, 0.29) is 5.56 Å². The van der Waals surface area contributed by atoms with E-state index in [9.17, 15) is 24.8 Å². The summed E-state index contributed by atoms with van der Waals surface area (Å²) < 4.78 is 0. The molecule has 2 amide bonds. The van der Waals surface area contributed by atoms with E-state index in [1.165, 1.54) is 6.07 Å². The van der Waals surface area contributed by atoms with Crippen LogP contribution in [0.15, 0.2) is 41.5 Å². The zero-order chi connectivity index (χ0) is 19.3. The van der Waals surface area contributed by atoms with Crippen LogP contribution >= 0.6 is 0 Å². The molecule has 0 heterocycles. The van der Waals surface area contributed by atoms with Crippen LogP contribution in [-0.4, -0.2) is 28.1 Å². The quantitative estimate of drug-likeness (QED) is 0.333. The molecule has 0 atom stereocenters. The number of nitro benzene ring substituents is 1. The van der Waals surface area contributed by atoms with Gasteiger partial charge in [-0.1, -0.05) is 18.2 Å². The number of hydrogen-bond acceptors (Lipinski definition) is 6. The standard InChI is InChI=1S/C17H16N4O5/c1-10-4-3-5-11(2)15(10)19-16(23)17(24)20-18-9-12-6-7-14(22)13(8-12)21(25)26/h3-9,22H,1-2H3,(H,19,23)(H,20,24)/b18-9+. The van der Waals surface area contributed by atoms with Crippen LogP contribution in [0.1, 0.15) is 16.7 Å². The van der Waals surface area contributed by atoms with Gasteiger partial charge in [-0.15, -0.1) is 0 Å². The molecule has 0 unspecified atom stereocenters. The molecule has 134 valence electrons. The minimum absolute atomic E-state index is 0.268. The van der Waals surface area contributed by atoms with Crippen LogP contribution in [-0.2, 0) is 9.59 Å². The highest BCUT2D eigenvalue weighted by Gasteiger charge is 2.15. The molecule has 0 radical (unpaired) electrons. The number of rotatable bonds is 4. The number of phenolic OH excluding ortho intramolecular Hbond substituents is 1. The van der Waals surface area contributed by atoms with Crippen molar-refractivity contribution in [3.8, 4) is 5.75 Å². The Morgan fingerprint density at radius 3 is 2.42 bits per heavy atom. The van der Waals surface area contributed by atoms with Gasteiger partial charge in [-0.05, 0) is 37.1 Å². The zero-order valence-corrected chi connectivity index (χ0v) is 14.0. The summed E-state index contributed by atoms with van der Waals surface area (Å²) in [5, 5.41) is 26.2. The fourth-order valence-electron chi connectivity index (χ4n) is 2.17. The molecule has 0 saturated carbocycles. The van der Waals surface area contributed by atoms with Crippen molar-refractivity contribution < 1.29 is 19.6 Å². The second-order valence-corrected chi connectivity index (χ2v) is 5.43. The van der Waals surface area contributed by atoms with E-state index in [1.54, 1.807) is 26.0 Å². The summed E-state index contributed by atoms with van der Waals surface area (Å²) in [5.41, 5.74) is 3.98. The van der Waals surface area contributed by atoms with Gasteiger partial charge in [0, 0.05) is 17.3 Å². The number of aromatic hydroxyl groups is 1. The van der Waals surface area contributed by atoms with Crippen molar-refractivity contribution >= 4 is 29.4 Å². The molecule has 9 nitrogen and oxygen atoms in total. The first-order chi connectivity index (χ1) is 12.3. The summed E-state index contributed by atoms with van der Waals surface area (Å²) in [6.45, 7) is 3.60. The van der Waals surface area contributed by atoms with Gasteiger partial charge in [0.1, 0.15) is 0 Å². The third-order valence-electron chi connectivity index (χ3n) is 3.50. The molecule has 2 aromatic carbocycles. The van der Waals surface area contributed by atoms with Crippen molar-refractivity contribution in [2.45, 2.75) is 13.8 Å². The first-order valence-corrected chi connectivity index (χ1v) is 7.47. The van der Waals surface area contributed by atoms with Crippen molar-refractivity contribution in [3.63, 3.8) is 0 Å². The van der Waals surface area contributed by atoms with E-state index in [1.807, 2.05) is 11.5 Å². The van der Waals surface area contributed by atoms with Gasteiger partial charge in [-0.2, -0.15) is 5.10 Å². The molecule has 2 rings (SSSR count). The van der Waals surface area contributed by atoms with Crippen molar-refractivity contribution in [2.75, 3.05) is 5.32 Å². The Bertz CT molecular complexity index is 888. The highest BCUT2D eigenvalue weighted by molar-refractivity contribution is 6.39. The molecular formula is C17H16N4O5. The fraction of sp³-hybridized carbons (Fsp3) is 0.118. The molecule has 0 aliphatic carbocycles. The molecule has 0 bridgehead atoms. The summed E-state index contributed by atoms with van der Waals surface area (Å²) in [5.74, 6) is -2.36. The Morgan fingerprint density at radius 2 is 1.81 bits per heavy atom. The van der Waals surface area contributed by atoms with Crippen molar-refractivity contribution in [1.29, 1.82) is 0 Å². The van der Waals surface area contributed by atoms with Crippen molar-refractivity contribution in [3.05, 3.63) is 63.2 Å². The molecule has 0 aromatic heterocycles. The number of amides is 2. The summed E-state index contributed by atoms with van der Waals surface area (Å²) in [4.78, 5) is 33.7. The maximum absolute atomic E-state index is 11.9. The van der Waals surface area contributed by atoms with Crippen LogP contribution in [0.5, 0.6) is 5.75 Å². The fourth-order valence-corrected chi connectivity index (χ4v) is 2.17. The average molecular weight is 356 g/mol. The third-order valence-corrected chi connectivity index (χ3v) is 3.50. The van der Waals surface area contributed by atoms with Crippen LogP contribution < -0.4 is 10.7 Å². The van der Waals surface area contributed by atoms with Crippen LogP contribution in [0, 0.1) is 24.0 Å². The summed E-state index contributed by atoms with van der Waals surface area (Å²) >= 11 is 0. The number of nitrogens with one attached hydrogen (secondary N) is 2. The summed E-state index contributed by atoms with van der Waals surface area (Å²) in [6, 6.07) is 9.03. The Kier molecular flexibility index (Phi) is 5.63. The van der Waals surface area contributed by atoms with Gasteiger partial charge in [0.25, 0.3) is 0 Å².